The van der Waals surface area contributed by atoms with Crippen molar-refractivity contribution in [3.8, 4) is 0 Å². The smallest absolute Gasteiger partial charge is 0.326 e. The van der Waals surface area contributed by atoms with Crippen molar-refractivity contribution in [3.05, 3.63) is 0 Å². The van der Waals surface area contributed by atoms with Crippen LogP contribution >= 0.6 is 12.6 Å². The summed E-state index contributed by atoms with van der Waals surface area (Å²) in [4.78, 5) is 57.8. The first-order valence-corrected chi connectivity index (χ1v) is 8.76. The topological polar surface area (TPSA) is 188 Å². The van der Waals surface area contributed by atoms with Crippen molar-refractivity contribution in [1.82, 2.24) is 16.0 Å². The number of thiol groups is 1. The highest BCUT2D eigenvalue weighted by Crippen LogP contribution is 2.00. The molecule has 7 N–H and O–H groups in total. The Morgan fingerprint density at radius 3 is 1.81 bits per heavy atom. The lowest BCUT2D eigenvalue weighted by Crippen LogP contribution is -2.57. The van der Waals surface area contributed by atoms with Gasteiger partial charge in [-0.1, -0.05) is 13.8 Å². The quantitative estimate of drug-likeness (QED) is 0.191. The second kappa shape index (κ2) is 11.4. The van der Waals surface area contributed by atoms with Crippen molar-refractivity contribution in [2.75, 3.05) is 5.75 Å². The van der Waals surface area contributed by atoms with E-state index in [1.807, 2.05) is 5.32 Å². The Bertz CT molecular complexity index is 585. The van der Waals surface area contributed by atoms with E-state index in [1.165, 1.54) is 6.92 Å². The summed E-state index contributed by atoms with van der Waals surface area (Å²) < 4.78 is 0. The molecule has 0 aromatic rings. The van der Waals surface area contributed by atoms with Gasteiger partial charge in [-0.05, 0) is 12.8 Å². The van der Waals surface area contributed by atoms with Gasteiger partial charge in [0.15, 0.2) is 0 Å². The fraction of sp³-hybridized carbons (Fsp3) is 0.667. The average Bonchev–Trinajstić information content (AvgIpc) is 2.56. The van der Waals surface area contributed by atoms with E-state index in [9.17, 15) is 24.0 Å². The van der Waals surface area contributed by atoms with E-state index in [2.05, 4.69) is 23.3 Å². The number of carbonyl (C=O) groups excluding carboxylic acids is 3. The van der Waals surface area contributed by atoms with Crippen molar-refractivity contribution in [2.24, 2.45) is 11.7 Å². The molecule has 12 heteroatoms. The number of hydrogen-bond acceptors (Lipinski definition) is 7. The lowest BCUT2D eigenvalue weighted by Gasteiger charge is -2.23. The van der Waals surface area contributed by atoms with Crippen molar-refractivity contribution in [3.63, 3.8) is 0 Å². The third-order valence-electron chi connectivity index (χ3n) is 3.58. The minimum atomic E-state index is -1.64. The average molecular weight is 406 g/mol. The van der Waals surface area contributed by atoms with Crippen LogP contribution in [-0.2, 0) is 24.0 Å². The van der Waals surface area contributed by atoms with E-state index >= 15 is 0 Å². The van der Waals surface area contributed by atoms with E-state index in [0.717, 1.165) is 0 Å². The standard InChI is InChI=1S/C15H26N4O7S/c1-6(2)11(16)14(24)19-9(5-27)13(23)17-7(3)12(22)18-8(15(25)26)4-10(20)21/h6-9,11,27H,4-5,16H2,1-3H3,(H,17,23)(H,18,22)(H,19,24)(H,20,21)(H,25,26). The van der Waals surface area contributed by atoms with E-state index < -0.39 is 60.2 Å². The van der Waals surface area contributed by atoms with Crippen molar-refractivity contribution >= 4 is 42.3 Å². The molecule has 0 fully saturated rings. The molecule has 0 aliphatic heterocycles. The molecule has 0 heterocycles. The SMILES string of the molecule is CC(NC(=O)C(CS)NC(=O)C(N)C(C)C)C(=O)NC(CC(=O)O)C(=O)O. The molecule has 0 bridgehead atoms. The van der Waals surface area contributed by atoms with Crippen LogP contribution in [0.5, 0.6) is 0 Å². The fourth-order valence-electron chi connectivity index (χ4n) is 1.82. The number of aliphatic carboxylic acids is 2. The third kappa shape index (κ3) is 8.73. The maximum Gasteiger partial charge on any atom is 0.326 e. The first-order valence-electron chi connectivity index (χ1n) is 8.12. The van der Waals surface area contributed by atoms with Gasteiger partial charge in [-0.25, -0.2) is 4.79 Å². The Hall–Kier alpha value is -2.34. The van der Waals surface area contributed by atoms with Crippen LogP contribution < -0.4 is 21.7 Å². The first kappa shape index (κ1) is 24.7. The van der Waals surface area contributed by atoms with Gasteiger partial charge >= 0.3 is 11.9 Å². The fourth-order valence-corrected chi connectivity index (χ4v) is 2.07. The molecule has 0 aliphatic carbocycles. The van der Waals surface area contributed by atoms with Crippen molar-refractivity contribution in [2.45, 2.75) is 51.4 Å². The summed E-state index contributed by atoms with van der Waals surface area (Å²) in [5, 5.41) is 24.3. The second-order valence-electron chi connectivity index (χ2n) is 6.24. The highest BCUT2D eigenvalue weighted by molar-refractivity contribution is 7.80. The number of rotatable bonds is 11. The molecule has 0 spiro atoms. The van der Waals surface area contributed by atoms with Gasteiger partial charge in [0.05, 0.1) is 12.5 Å². The minimum absolute atomic E-state index is 0.0620. The predicted molar refractivity (Wildman–Crippen MR) is 98.0 cm³/mol. The summed E-state index contributed by atoms with van der Waals surface area (Å²) in [7, 11) is 0. The molecule has 0 radical (unpaired) electrons. The summed E-state index contributed by atoms with van der Waals surface area (Å²) in [5.74, 6) is -5.30. The molecule has 0 aromatic carbocycles. The molecule has 154 valence electrons. The highest BCUT2D eigenvalue weighted by atomic mass is 32.1. The van der Waals surface area contributed by atoms with Crippen LogP contribution in [-0.4, -0.2) is 69.8 Å². The molecular formula is C15H26N4O7S. The van der Waals surface area contributed by atoms with Crippen LogP contribution in [0.1, 0.15) is 27.2 Å². The zero-order valence-corrected chi connectivity index (χ0v) is 16.2. The summed E-state index contributed by atoms with van der Waals surface area (Å²) >= 11 is 3.98. The van der Waals surface area contributed by atoms with E-state index in [1.54, 1.807) is 13.8 Å². The zero-order valence-electron chi connectivity index (χ0n) is 15.3. The summed E-state index contributed by atoms with van der Waals surface area (Å²) in [6.07, 6.45) is -0.815. The minimum Gasteiger partial charge on any atom is -0.481 e. The molecule has 27 heavy (non-hydrogen) atoms. The number of carboxylic acids is 2. The summed E-state index contributed by atoms with van der Waals surface area (Å²) in [5.41, 5.74) is 5.70. The van der Waals surface area contributed by atoms with E-state index in [4.69, 9.17) is 15.9 Å². The molecule has 4 atom stereocenters. The Morgan fingerprint density at radius 2 is 1.41 bits per heavy atom. The Labute approximate surface area is 161 Å². The summed E-state index contributed by atoms with van der Waals surface area (Å²) in [6.45, 7) is 4.76. The monoisotopic (exact) mass is 406 g/mol. The van der Waals surface area contributed by atoms with E-state index in [-0.39, 0.29) is 11.7 Å². The Balaban J connectivity index is 4.84. The van der Waals surface area contributed by atoms with Gasteiger partial charge in [-0.15, -0.1) is 0 Å². The molecule has 0 saturated carbocycles. The van der Waals surface area contributed by atoms with Gasteiger partial charge in [0, 0.05) is 5.75 Å². The molecule has 0 rings (SSSR count). The molecule has 3 amide bonds. The largest absolute Gasteiger partial charge is 0.481 e. The number of carboxylic acid groups (broad SMARTS) is 2. The Kier molecular flexibility index (Phi) is 10.4. The maximum atomic E-state index is 12.2. The predicted octanol–water partition coefficient (Wildman–Crippen LogP) is -2.07. The van der Waals surface area contributed by atoms with Crippen LogP contribution in [0.25, 0.3) is 0 Å². The number of hydrogen-bond donors (Lipinski definition) is 7. The lowest BCUT2D eigenvalue weighted by molar-refractivity contribution is -0.147. The van der Waals surface area contributed by atoms with Crippen molar-refractivity contribution < 1.29 is 34.2 Å². The lowest BCUT2D eigenvalue weighted by atomic mass is 10.0. The summed E-state index contributed by atoms with van der Waals surface area (Å²) in [6, 6.07) is -4.70. The van der Waals surface area contributed by atoms with Gasteiger partial charge in [0.1, 0.15) is 18.1 Å². The van der Waals surface area contributed by atoms with Crippen LogP contribution in [0, 0.1) is 5.92 Å². The molecular weight excluding hydrogens is 380 g/mol. The van der Waals surface area contributed by atoms with Gasteiger partial charge < -0.3 is 31.9 Å². The van der Waals surface area contributed by atoms with E-state index in [0.29, 0.717) is 0 Å². The van der Waals surface area contributed by atoms with Gasteiger partial charge in [0.2, 0.25) is 17.7 Å². The normalized spacial score (nSPS) is 15.2. The van der Waals surface area contributed by atoms with Gasteiger partial charge in [-0.2, -0.15) is 12.6 Å². The number of nitrogens with two attached hydrogens (primary N) is 1. The maximum absolute atomic E-state index is 12.2. The molecule has 0 aliphatic rings. The van der Waals surface area contributed by atoms with Crippen molar-refractivity contribution in [1.29, 1.82) is 0 Å². The molecule has 0 saturated heterocycles. The number of amides is 3. The first-order chi connectivity index (χ1) is 12.4. The number of nitrogens with one attached hydrogen (secondary N) is 3. The molecule has 0 aromatic heterocycles. The van der Waals surface area contributed by atoms with Crippen LogP contribution in [0.2, 0.25) is 0 Å². The molecule has 4 unspecified atom stereocenters. The second-order valence-corrected chi connectivity index (χ2v) is 6.61. The van der Waals surface area contributed by atoms with Crippen LogP contribution in [0.3, 0.4) is 0 Å². The Morgan fingerprint density at radius 1 is 0.889 bits per heavy atom. The van der Waals surface area contributed by atoms with Gasteiger partial charge in [0.25, 0.3) is 0 Å². The van der Waals surface area contributed by atoms with Crippen LogP contribution in [0.4, 0.5) is 0 Å². The zero-order chi connectivity index (χ0) is 21.3. The van der Waals surface area contributed by atoms with Crippen LogP contribution in [0.15, 0.2) is 0 Å². The van der Waals surface area contributed by atoms with Gasteiger partial charge in [-0.3, -0.25) is 19.2 Å². The number of carbonyl (C=O) groups is 5. The highest BCUT2D eigenvalue weighted by Gasteiger charge is 2.29. The third-order valence-corrected chi connectivity index (χ3v) is 3.95. The molecule has 11 nitrogen and oxygen atoms in total.